The molecule has 0 radical (unpaired) electrons. The van der Waals surface area contributed by atoms with Gasteiger partial charge in [0.1, 0.15) is 0 Å². The number of urea groups is 1. The predicted octanol–water partition coefficient (Wildman–Crippen LogP) is 2.37. The van der Waals surface area contributed by atoms with Crippen molar-refractivity contribution in [2.45, 2.75) is 32.7 Å². The first-order chi connectivity index (χ1) is 11.8. The second-order valence-corrected chi connectivity index (χ2v) is 7.45. The molecule has 0 bridgehead atoms. The summed E-state index contributed by atoms with van der Waals surface area (Å²) < 4.78 is 10.6. The molecule has 140 valence electrons. The number of amides is 2. The Balaban J connectivity index is 1.80. The van der Waals surface area contributed by atoms with Gasteiger partial charge in [0, 0.05) is 38.3 Å². The summed E-state index contributed by atoms with van der Waals surface area (Å²) >= 11 is 0. The van der Waals surface area contributed by atoms with E-state index in [2.05, 4.69) is 16.3 Å². The van der Waals surface area contributed by atoms with E-state index in [1.807, 2.05) is 37.8 Å². The van der Waals surface area contributed by atoms with Gasteiger partial charge in [0.2, 0.25) is 0 Å². The van der Waals surface area contributed by atoms with Gasteiger partial charge in [-0.25, -0.2) is 4.79 Å². The average Bonchev–Trinajstić information content (AvgIpc) is 2.58. The minimum Gasteiger partial charge on any atom is -0.493 e. The van der Waals surface area contributed by atoms with Gasteiger partial charge in [-0.2, -0.15) is 0 Å². The molecule has 0 saturated carbocycles. The van der Waals surface area contributed by atoms with Crippen molar-refractivity contribution in [3.8, 4) is 11.5 Å². The monoisotopic (exact) mass is 349 g/mol. The van der Waals surface area contributed by atoms with E-state index in [9.17, 15) is 4.79 Å². The predicted molar refractivity (Wildman–Crippen MR) is 99.5 cm³/mol. The number of carbonyl (C=O) groups is 1. The van der Waals surface area contributed by atoms with Crippen molar-refractivity contribution in [3.63, 3.8) is 0 Å². The molecular formula is C19H31N3O3. The third-order valence-electron chi connectivity index (χ3n) is 4.31. The normalized spacial score (nSPS) is 15.8. The van der Waals surface area contributed by atoms with Gasteiger partial charge in [0.15, 0.2) is 11.5 Å². The van der Waals surface area contributed by atoms with E-state index >= 15 is 0 Å². The number of nitrogens with zero attached hydrogens (tertiary/aromatic N) is 2. The van der Waals surface area contributed by atoms with Crippen molar-refractivity contribution in [3.05, 3.63) is 23.8 Å². The van der Waals surface area contributed by atoms with Gasteiger partial charge in [0.05, 0.1) is 14.2 Å². The summed E-state index contributed by atoms with van der Waals surface area (Å²) in [4.78, 5) is 16.5. The fraction of sp³-hybridized carbons (Fsp3) is 0.632. The van der Waals surface area contributed by atoms with Gasteiger partial charge >= 0.3 is 6.03 Å². The van der Waals surface area contributed by atoms with Crippen LogP contribution in [-0.4, -0.2) is 68.3 Å². The van der Waals surface area contributed by atoms with Crippen LogP contribution in [-0.2, 0) is 6.42 Å². The third kappa shape index (κ3) is 5.81. The highest BCUT2D eigenvalue weighted by Crippen LogP contribution is 2.27. The molecular weight excluding hydrogens is 318 g/mol. The van der Waals surface area contributed by atoms with E-state index in [0.717, 1.165) is 50.6 Å². The van der Waals surface area contributed by atoms with Gasteiger partial charge < -0.3 is 19.7 Å². The zero-order valence-corrected chi connectivity index (χ0v) is 16.1. The molecule has 0 aromatic heterocycles. The summed E-state index contributed by atoms with van der Waals surface area (Å²) in [5, 5.41) is 3.03. The van der Waals surface area contributed by atoms with Gasteiger partial charge in [-0.1, -0.05) is 6.07 Å². The van der Waals surface area contributed by atoms with E-state index in [4.69, 9.17) is 9.47 Å². The lowest BCUT2D eigenvalue weighted by Gasteiger charge is -2.36. The van der Waals surface area contributed by atoms with Gasteiger partial charge in [-0.3, -0.25) is 4.90 Å². The Kier molecular flexibility index (Phi) is 6.53. The SMILES string of the molecule is COc1ccc(CCN2CCN(C(=O)NC(C)(C)C)CC2)cc1OC. The highest BCUT2D eigenvalue weighted by molar-refractivity contribution is 5.75. The molecule has 0 atom stereocenters. The van der Waals surface area contributed by atoms with Crippen molar-refractivity contribution in [2.24, 2.45) is 0 Å². The van der Waals surface area contributed by atoms with E-state index in [0.29, 0.717) is 0 Å². The molecule has 1 aromatic rings. The van der Waals surface area contributed by atoms with Gasteiger partial charge in [-0.05, 0) is 44.9 Å². The van der Waals surface area contributed by atoms with Crippen LogP contribution in [0.15, 0.2) is 18.2 Å². The van der Waals surface area contributed by atoms with Crippen LogP contribution in [0.3, 0.4) is 0 Å². The quantitative estimate of drug-likeness (QED) is 0.887. The maximum absolute atomic E-state index is 12.2. The lowest BCUT2D eigenvalue weighted by atomic mass is 10.1. The minimum absolute atomic E-state index is 0.0343. The molecule has 6 nitrogen and oxygen atoms in total. The molecule has 0 unspecified atom stereocenters. The Morgan fingerprint density at radius 2 is 1.72 bits per heavy atom. The highest BCUT2D eigenvalue weighted by atomic mass is 16.5. The zero-order valence-electron chi connectivity index (χ0n) is 16.1. The molecule has 2 rings (SSSR count). The van der Waals surface area contributed by atoms with Crippen molar-refractivity contribution in [1.82, 2.24) is 15.1 Å². The van der Waals surface area contributed by atoms with Crippen LogP contribution < -0.4 is 14.8 Å². The van der Waals surface area contributed by atoms with Crippen molar-refractivity contribution in [1.29, 1.82) is 0 Å². The summed E-state index contributed by atoms with van der Waals surface area (Å²) in [6.07, 6.45) is 0.953. The maximum atomic E-state index is 12.2. The first-order valence-corrected chi connectivity index (χ1v) is 8.83. The van der Waals surface area contributed by atoms with E-state index < -0.39 is 0 Å². The number of benzene rings is 1. The molecule has 1 heterocycles. The van der Waals surface area contributed by atoms with E-state index in [1.54, 1.807) is 14.2 Å². The van der Waals surface area contributed by atoms with Crippen molar-refractivity contribution in [2.75, 3.05) is 46.9 Å². The fourth-order valence-corrected chi connectivity index (χ4v) is 2.90. The smallest absolute Gasteiger partial charge is 0.317 e. The summed E-state index contributed by atoms with van der Waals surface area (Å²) in [6.45, 7) is 10.3. The number of hydrogen-bond acceptors (Lipinski definition) is 4. The minimum atomic E-state index is -0.193. The topological polar surface area (TPSA) is 54.0 Å². The maximum Gasteiger partial charge on any atom is 0.317 e. The summed E-state index contributed by atoms with van der Waals surface area (Å²) in [7, 11) is 3.30. The third-order valence-corrected chi connectivity index (χ3v) is 4.31. The molecule has 6 heteroatoms. The largest absolute Gasteiger partial charge is 0.493 e. The number of rotatable bonds is 5. The number of methoxy groups -OCH3 is 2. The number of hydrogen-bond donors (Lipinski definition) is 1. The van der Waals surface area contributed by atoms with Crippen LogP contribution in [0.25, 0.3) is 0 Å². The van der Waals surface area contributed by atoms with Crippen LogP contribution in [0.2, 0.25) is 0 Å². The number of carbonyl (C=O) groups excluding carboxylic acids is 1. The van der Waals surface area contributed by atoms with Crippen molar-refractivity contribution < 1.29 is 14.3 Å². The van der Waals surface area contributed by atoms with Gasteiger partial charge in [0.25, 0.3) is 0 Å². The lowest BCUT2D eigenvalue weighted by Crippen LogP contribution is -2.55. The second kappa shape index (κ2) is 8.43. The molecule has 0 spiro atoms. The van der Waals surface area contributed by atoms with Crippen molar-refractivity contribution >= 4 is 6.03 Å². The number of ether oxygens (including phenoxy) is 2. The zero-order chi connectivity index (χ0) is 18.4. The molecule has 1 saturated heterocycles. The molecule has 0 aliphatic carbocycles. The summed E-state index contributed by atoms with van der Waals surface area (Å²) in [5.41, 5.74) is 1.03. The molecule has 1 N–H and O–H groups in total. The summed E-state index contributed by atoms with van der Waals surface area (Å²) in [5.74, 6) is 1.52. The van der Waals surface area contributed by atoms with E-state index in [1.165, 1.54) is 5.56 Å². The summed E-state index contributed by atoms with van der Waals surface area (Å²) in [6, 6.07) is 6.09. The Morgan fingerprint density at radius 3 is 2.28 bits per heavy atom. The molecule has 2 amide bonds. The molecule has 1 aromatic carbocycles. The Labute approximate surface area is 151 Å². The van der Waals surface area contributed by atoms with Crippen LogP contribution >= 0.6 is 0 Å². The fourth-order valence-electron chi connectivity index (χ4n) is 2.90. The van der Waals surface area contributed by atoms with Gasteiger partial charge in [-0.15, -0.1) is 0 Å². The molecule has 1 aliphatic rings. The van der Waals surface area contributed by atoms with Crippen LogP contribution in [0.4, 0.5) is 4.79 Å². The molecule has 25 heavy (non-hydrogen) atoms. The first kappa shape index (κ1) is 19.4. The Bertz CT molecular complexity index is 576. The second-order valence-electron chi connectivity index (χ2n) is 7.45. The Morgan fingerprint density at radius 1 is 1.08 bits per heavy atom. The molecule has 1 aliphatic heterocycles. The molecule has 1 fully saturated rings. The highest BCUT2D eigenvalue weighted by Gasteiger charge is 2.23. The lowest BCUT2D eigenvalue weighted by molar-refractivity contribution is 0.135. The average molecular weight is 349 g/mol. The van der Waals surface area contributed by atoms with Crippen LogP contribution in [0.5, 0.6) is 11.5 Å². The standard InChI is InChI=1S/C19H31N3O3/c1-19(2,3)20-18(23)22-12-10-21(11-13-22)9-8-15-6-7-16(24-4)17(14-15)25-5/h6-7,14H,8-13H2,1-5H3,(H,20,23). The first-order valence-electron chi connectivity index (χ1n) is 8.83. The van der Waals surface area contributed by atoms with Crippen LogP contribution in [0, 0.1) is 0 Å². The number of nitrogens with one attached hydrogen (secondary N) is 1. The van der Waals surface area contributed by atoms with Crippen LogP contribution in [0.1, 0.15) is 26.3 Å². The Hall–Kier alpha value is -1.95. The van der Waals surface area contributed by atoms with E-state index in [-0.39, 0.29) is 11.6 Å². The number of piperazine rings is 1.